The number of nitrogens with one attached hydrogen (secondary N) is 1. The number of rotatable bonds is 7. The Morgan fingerprint density at radius 2 is 2.15 bits per heavy atom. The second kappa shape index (κ2) is 7.61. The molecule has 4 aromatic heterocycles. The molecule has 4 heterocycles. The monoisotopic (exact) mass is 364 g/mol. The molecule has 0 saturated heterocycles. The van der Waals surface area contributed by atoms with Crippen molar-refractivity contribution in [3.05, 3.63) is 54.2 Å². The number of aryl methyl sites for hydroxylation is 2. The predicted molar refractivity (Wildman–Crippen MR) is 105 cm³/mol. The van der Waals surface area contributed by atoms with E-state index in [1.54, 1.807) is 29.9 Å². The van der Waals surface area contributed by atoms with E-state index in [2.05, 4.69) is 32.8 Å². The van der Waals surface area contributed by atoms with Gasteiger partial charge in [0.05, 0.1) is 11.7 Å². The van der Waals surface area contributed by atoms with Crippen LogP contribution in [0.15, 0.2) is 49.3 Å². The minimum Gasteiger partial charge on any atom is -0.369 e. The molecular weight excluding hydrogens is 344 g/mol. The SMILES string of the molecule is CCc1cc2c(NCCCn3ccnc3)nc(-c3cccnc3)nc2s1. The minimum absolute atomic E-state index is 0.715. The maximum Gasteiger partial charge on any atom is 0.164 e. The van der Waals surface area contributed by atoms with Gasteiger partial charge in [-0.15, -0.1) is 11.3 Å². The van der Waals surface area contributed by atoms with Gasteiger partial charge in [-0.05, 0) is 31.0 Å². The van der Waals surface area contributed by atoms with Crippen LogP contribution in [0.3, 0.4) is 0 Å². The summed E-state index contributed by atoms with van der Waals surface area (Å²) in [5.74, 6) is 1.61. The molecule has 0 spiro atoms. The zero-order chi connectivity index (χ0) is 17.8. The normalized spacial score (nSPS) is 11.1. The lowest BCUT2D eigenvalue weighted by Crippen LogP contribution is -2.08. The van der Waals surface area contributed by atoms with Crippen LogP contribution in [-0.2, 0) is 13.0 Å². The highest BCUT2D eigenvalue weighted by Crippen LogP contribution is 2.31. The Hall–Kier alpha value is -2.80. The number of imidazole rings is 1. The standard InChI is InChI=1S/C19H20N6S/c1-2-15-11-16-18(22-7-4-9-25-10-8-21-13-25)23-17(24-19(16)26-15)14-5-3-6-20-12-14/h3,5-6,8,10-13H,2,4,7,9H2,1H3,(H,22,23,24). The van der Waals surface area contributed by atoms with E-state index in [0.717, 1.165) is 47.5 Å². The zero-order valence-electron chi connectivity index (χ0n) is 14.6. The van der Waals surface area contributed by atoms with Crippen LogP contribution in [0.1, 0.15) is 18.2 Å². The van der Waals surface area contributed by atoms with Gasteiger partial charge in [-0.25, -0.2) is 15.0 Å². The van der Waals surface area contributed by atoms with Gasteiger partial charge >= 0.3 is 0 Å². The van der Waals surface area contributed by atoms with Gasteiger partial charge in [0.15, 0.2) is 5.82 Å². The van der Waals surface area contributed by atoms with Crippen molar-refractivity contribution in [1.29, 1.82) is 0 Å². The molecule has 0 radical (unpaired) electrons. The fraction of sp³-hybridized carbons (Fsp3) is 0.263. The quantitative estimate of drug-likeness (QED) is 0.502. The van der Waals surface area contributed by atoms with Gasteiger partial charge < -0.3 is 9.88 Å². The molecule has 0 saturated carbocycles. The van der Waals surface area contributed by atoms with E-state index >= 15 is 0 Å². The Labute approximate surface area is 156 Å². The van der Waals surface area contributed by atoms with Gasteiger partial charge in [0, 0.05) is 48.3 Å². The lowest BCUT2D eigenvalue weighted by atomic mass is 10.2. The van der Waals surface area contributed by atoms with Crippen molar-refractivity contribution in [3.8, 4) is 11.4 Å². The molecule has 0 aliphatic carbocycles. The van der Waals surface area contributed by atoms with Crippen molar-refractivity contribution in [1.82, 2.24) is 24.5 Å². The molecule has 4 rings (SSSR count). The highest BCUT2D eigenvalue weighted by atomic mass is 32.1. The Morgan fingerprint density at radius 1 is 1.19 bits per heavy atom. The summed E-state index contributed by atoms with van der Waals surface area (Å²) in [5, 5.41) is 4.60. The minimum atomic E-state index is 0.715. The molecule has 0 aromatic carbocycles. The van der Waals surface area contributed by atoms with Gasteiger partial charge in [-0.2, -0.15) is 0 Å². The van der Waals surface area contributed by atoms with Crippen molar-refractivity contribution < 1.29 is 0 Å². The first kappa shape index (κ1) is 16.7. The number of pyridine rings is 1. The Balaban J connectivity index is 1.59. The Kier molecular flexibility index (Phi) is 4.88. The van der Waals surface area contributed by atoms with E-state index < -0.39 is 0 Å². The Morgan fingerprint density at radius 3 is 2.92 bits per heavy atom. The van der Waals surface area contributed by atoms with E-state index in [0.29, 0.717) is 5.82 Å². The van der Waals surface area contributed by atoms with Crippen LogP contribution in [0, 0.1) is 0 Å². The average Bonchev–Trinajstić information content (AvgIpc) is 3.35. The van der Waals surface area contributed by atoms with Crippen LogP contribution in [-0.4, -0.2) is 31.0 Å². The number of thiophene rings is 1. The van der Waals surface area contributed by atoms with E-state index in [1.807, 2.05) is 24.7 Å². The topological polar surface area (TPSA) is 68.5 Å². The maximum atomic E-state index is 4.78. The van der Waals surface area contributed by atoms with Crippen LogP contribution in [0.4, 0.5) is 5.82 Å². The lowest BCUT2D eigenvalue weighted by molar-refractivity contribution is 0.660. The molecule has 26 heavy (non-hydrogen) atoms. The fourth-order valence-electron chi connectivity index (χ4n) is 2.79. The average molecular weight is 364 g/mol. The summed E-state index contributed by atoms with van der Waals surface area (Å²) in [6.07, 6.45) is 11.2. The summed E-state index contributed by atoms with van der Waals surface area (Å²) >= 11 is 1.73. The molecule has 6 nitrogen and oxygen atoms in total. The molecule has 1 N–H and O–H groups in total. The smallest absolute Gasteiger partial charge is 0.164 e. The summed E-state index contributed by atoms with van der Waals surface area (Å²) in [6.45, 7) is 3.94. The number of hydrogen-bond donors (Lipinski definition) is 1. The van der Waals surface area contributed by atoms with Crippen molar-refractivity contribution >= 4 is 27.4 Å². The van der Waals surface area contributed by atoms with Crippen LogP contribution in [0.5, 0.6) is 0 Å². The van der Waals surface area contributed by atoms with Crippen molar-refractivity contribution in [3.63, 3.8) is 0 Å². The predicted octanol–water partition coefficient (Wildman–Crippen LogP) is 4.01. The van der Waals surface area contributed by atoms with E-state index in [4.69, 9.17) is 9.97 Å². The molecule has 0 amide bonds. The number of anilines is 1. The van der Waals surface area contributed by atoms with E-state index in [-0.39, 0.29) is 0 Å². The van der Waals surface area contributed by atoms with Crippen molar-refractivity contribution in [2.75, 3.05) is 11.9 Å². The van der Waals surface area contributed by atoms with Gasteiger partial charge in [-0.1, -0.05) is 6.92 Å². The summed E-state index contributed by atoms with van der Waals surface area (Å²) in [5.41, 5.74) is 0.933. The lowest BCUT2D eigenvalue weighted by Gasteiger charge is -2.09. The van der Waals surface area contributed by atoms with Crippen LogP contribution >= 0.6 is 11.3 Å². The van der Waals surface area contributed by atoms with Gasteiger partial charge in [0.2, 0.25) is 0 Å². The summed E-state index contributed by atoms with van der Waals surface area (Å²) in [7, 11) is 0. The zero-order valence-corrected chi connectivity index (χ0v) is 15.4. The molecule has 0 bridgehead atoms. The first-order valence-corrected chi connectivity index (χ1v) is 9.55. The number of aromatic nitrogens is 5. The second-order valence-corrected chi connectivity index (χ2v) is 7.12. The van der Waals surface area contributed by atoms with Crippen molar-refractivity contribution in [2.24, 2.45) is 0 Å². The number of nitrogens with zero attached hydrogens (tertiary/aromatic N) is 5. The molecular formula is C19H20N6S. The summed E-state index contributed by atoms with van der Waals surface area (Å²) in [4.78, 5) is 20.1. The summed E-state index contributed by atoms with van der Waals surface area (Å²) in [6, 6.07) is 6.10. The molecule has 0 fully saturated rings. The molecule has 7 heteroatoms. The largest absolute Gasteiger partial charge is 0.369 e. The Bertz CT molecular complexity index is 978. The first-order chi connectivity index (χ1) is 12.8. The first-order valence-electron chi connectivity index (χ1n) is 8.74. The second-order valence-electron chi connectivity index (χ2n) is 6.00. The highest BCUT2D eigenvalue weighted by molar-refractivity contribution is 7.18. The third kappa shape index (κ3) is 3.57. The molecule has 0 aliphatic rings. The summed E-state index contributed by atoms with van der Waals surface area (Å²) < 4.78 is 2.08. The molecule has 4 aromatic rings. The van der Waals surface area contributed by atoms with Gasteiger partial charge in [0.1, 0.15) is 10.6 Å². The fourth-order valence-corrected chi connectivity index (χ4v) is 3.76. The molecule has 0 atom stereocenters. The molecule has 132 valence electrons. The van der Waals surface area contributed by atoms with E-state index in [1.165, 1.54) is 4.88 Å². The molecule has 0 unspecified atom stereocenters. The van der Waals surface area contributed by atoms with Crippen LogP contribution < -0.4 is 5.32 Å². The third-order valence-electron chi connectivity index (χ3n) is 4.16. The maximum absolute atomic E-state index is 4.78. The van der Waals surface area contributed by atoms with Crippen LogP contribution in [0.25, 0.3) is 21.6 Å². The highest BCUT2D eigenvalue weighted by Gasteiger charge is 2.12. The number of hydrogen-bond acceptors (Lipinski definition) is 6. The third-order valence-corrected chi connectivity index (χ3v) is 5.33. The van der Waals surface area contributed by atoms with Gasteiger partial charge in [-0.3, -0.25) is 4.98 Å². The van der Waals surface area contributed by atoms with E-state index in [9.17, 15) is 0 Å². The van der Waals surface area contributed by atoms with Crippen LogP contribution in [0.2, 0.25) is 0 Å². The van der Waals surface area contributed by atoms with Crippen molar-refractivity contribution in [2.45, 2.75) is 26.3 Å². The van der Waals surface area contributed by atoms with Gasteiger partial charge in [0.25, 0.3) is 0 Å². The number of fused-ring (bicyclic) bond motifs is 1. The molecule has 0 aliphatic heterocycles.